The highest BCUT2D eigenvalue weighted by molar-refractivity contribution is 6.31. The number of aliphatic hydroxyl groups excluding tert-OH is 1. The largest absolute Gasteiger partial charge is 0.491 e. The molecule has 0 radical (unpaired) electrons. The van der Waals surface area contributed by atoms with Gasteiger partial charge in [0.05, 0.1) is 45.3 Å². The number of amides is 1. The summed E-state index contributed by atoms with van der Waals surface area (Å²) in [6.45, 7) is 6.59. The van der Waals surface area contributed by atoms with Crippen LogP contribution >= 0.6 is 0 Å². The van der Waals surface area contributed by atoms with Crippen molar-refractivity contribution in [2.75, 3.05) is 44.5 Å². The molecule has 1 aliphatic rings. The van der Waals surface area contributed by atoms with Gasteiger partial charge in [-0.25, -0.2) is 0 Å². The third kappa shape index (κ3) is 4.98. The molecule has 0 fully saturated rings. The number of ether oxygens (including phenoxy) is 3. The van der Waals surface area contributed by atoms with E-state index in [1.54, 1.807) is 4.90 Å². The number of hydrogen-bond acceptors (Lipinski definition) is 5. The van der Waals surface area contributed by atoms with Crippen molar-refractivity contribution < 1.29 is 24.1 Å². The lowest BCUT2D eigenvalue weighted by atomic mass is 10.1. The van der Waals surface area contributed by atoms with E-state index in [1.165, 1.54) is 0 Å². The fraction of sp³-hybridized carbons (Fsp3) is 0.318. The van der Waals surface area contributed by atoms with Gasteiger partial charge in [-0.2, -0.15) is 0 Å². The van der Waals surface area contributed by atoms with E-state index in [4.69, 9.17) is 19.3 Å². The highest BCUT2D eigenvalue weighted by Gasteiger charge is 2.30. The van der Waals surface area contributed by atoms with E-state index in [0.717, 1.165) is 22.6 Å². The van der Waals surface area contributed by atoms with E-state index < -0.39 is 0 Å². The maximum atomic E-state index is 12.5. The van der Waals surface area contributed by atoms with Crippen molar-refractivity contribution in [3.8, 4) is 5.75 Å². The molecule has 0 saturated carbocycles. The molecular weight excluding hydrogens is 358 g/mol. The standard InChI is InChI=1S/C22H25NO5/c1-17-20-4-2-3-5-21(20)23(22(17)25)16-18-6-8-19(9-7-18)28-15-14-27-13-12-26-11-10-24/h2-9,24H,1,10-16H2. The molecule has 0 unspecified atom stereocenters. The number of aliphatic hydroxyl groups is 1. The molecule has 2 aromatic carbocycles. The van der Waals surface area contributed by atoms with E-state index in [1.807, 2.05) is 48.5 Å². The Morgan fingerprint density at radius 1 is 0.893 bits per heavy atom. The molecule has 0 aliphatic carbocycles. The van der Waals surface area contributed by atoms with Crippen LogP contribution in [0.25, 0.3) is 5.57 Å². The number of hydrogen-bond donors (Lipinski definition) is 1. The smallest absolute Gasteiger partial charge is 0.258 e. The van der Waals surface area contributed by atoms with Crippen LogP contribution in [-0.2, 0) is 20.8 Å². The zero-order valence-electron chi connectivity index (χ0n) is 15.8. The predicted octanol–water partition coefficient (Wildman–Crippen LogP) is 2.65. The maximum Gasteiger partial charge on any atom is 0.258 e. The Kier molecular flexibility index (Phi) is 7.19. The van der Waals surface area contributed by atoms with E-state index in [0.29, 0.717) is 45.2 Å². The predicted molar refractivity (Wildman–Crippen MR) is 107 cm³/mol. The summed E-state index contributed by atoms with van der Waals surface area (Å²) in [5.41, 5.74) is 3.35. The molecule has 1 aliphatic heterocycles. The first-order chi connectivity index (χ1) is 13.7. The Balaban J connectivity index is 1.45. The zero-order valence-corrected chi connectivity index (χ0v) is 15.8. The number of benzene rings is 2. The van der Waals surface area contributed by atoms with Crippen LogP contribution in [0.5, 0.6) is 5.75 Å². The molecule has 1 amide bonds. The van der Waals surface area contributed by atoms with Crippen molar-refractivity contribution >= 4 is 17.2 Å². The van der Waals surface area contributed by atoms with Gasteiger partial charge in [0.2, 0.25) is 0 Å². The quantitative estimate of drug-likeness (QED) is 0.477. The zero-order chi connectivity index (χ0) is 19.8. The molecule has 148 valence electrons. The first kappa shape index (κ1) is 20.1. The van der Waals surface area contributed by atoms with Crippen LogP contribution in [-0.4, -0.2) is 50.7 Å². The van der Waals surface area contributed by atoms with E-state index in [9.17, 15) is 4.79 Å². The molecule has 6 nitrogen and oxygen atoms in total. The highest BCUT2D eigenvalue weighted by Crippen LogP contribution is 2.36. The maximum absolute atomic E-state index is 12.5. The Bertz CT molecular complexity index is 803. The molecule has 0 atom stereocenters. The van der Waals surface area contributed by atoms with Gasteiger partial charge in [0.15, 0.2) is 0 Å². The lowest BCUT2D eigenvalue weighted by Crippen LogP contribution is -2.25. The van der Waals surface area contributed by atoms with E-state index in [-0.39, 0.29) is 12.5 Å². The molecule has 0 spiro atoms. The van der Waals surface area contributed by atoms with Gasteiger partial charge < -0.3 is 24.2 Å². The molecule has 0 saturated heterocycles. The molecule has 2 aromatic rings. The van der Waals surface area contributed by atoms with Gasteiger partial charge in [-0.05, 0) is 23.8 Å². The second-order valence-corrected chi connectivity index (χ2v) is 6.33. The van der Waals surface area contributed by atoms with Crippen molar-refractivity contribution in [3.05, 3.63) is 66.2 Å². The summed E-state index contributed by atoms with van der Waals surface area (Å²) in [4.78, 5) is 14.2. The molecule has 3 rings (SSSR count). The van der Waals surface area contributed by atoms with Gasteiger partial charge in [0, 0.05) is 11.1 Å². The number of anilines is 1. The summed E-state index contributed by atoms with van der Waals surface area (Å²) in [5, 5.41) is 8.59. The number of nitrogens with zero attached hydrogens (tertiary/aromatic N) is 1. The van der Waals surface area contributed by atoms with Crippen molar-refractivity contribution in [2.45, 2.75) is 6.54 Å². The number of rotatable bonds is 11. The van der Waals surface area contributed by atoms with Crippen LogP contribution in [0.1, 0.15) is 11.1 Å². The van der Waals surface area contributed by atoms with Crippen LogP contribution in [0.2, 0.25) is 0 Å². The van der Waals surface area contributed by atoms with Gasteiger partial charge in [0.1, 0.15) is 12.4 Å². The van der Waals surface area contributed by atoms with E-state index >= 15 is 0 Å². The van der Waals surface area contributed by atoms with Crippen molar-refractivity contribution in [3.63, 3.8) is 0 Å². The Hall–Kier alpha value is -2.67. The minimum atomic E-state index is -0.0540. The van der Waals surface area contributed by atoms with Crippen LogP contribution < -0.4 is 9.64 Å². The van der Waals surface area contributed by atoms with E-state index in [2.05, 4.69) is 6.58 Å². The Morgan fingerprint density at radius 3 is 2.32 bits per heavy atom. The van der Waals surface area contributed by atoms with Crippen LogP contribution in [0.15, 0.2) is 55.1 Å². The first-order valence-electron chi connectivity index (χ1n) is 9.29. The number of para-hydroxylation sites is 1. The SMILES string of the molecule is C=C1C(=O)N(Cc2ccc(OCCOCCOCCO)cc2)c2ccccc21. The summed E-state index contributed by atoms with van der Waals surface area (Å²) in [6, 6.07) is 15.4. The molecule has 28 heavy (non-hydrogen) atoms. The third-order valence-corrected chi connectivity index (χ3v) is 4.39. The number of fused-ring (bicyclic) bond motifs is 1. The fourth-order valence-corrected chi connectivity index (χ4v) is 2.99. The lowest BCUT2D eigenvalue weighted by Gasteiger charge is -2.17. The topological polar surface area (TPSA) is 68.2 Å². The summed E-state index contributed by atoms with van der Waals surface area (Å²) in [5.74, 6) is 0.697. The Labute approximate surface area is 164 Å². The normalized spacial score (nSPS) is 13.1. The molecule has 1 heterocycles. The molecular formula is C22H25NO5. The van der Waals surface area contributed by atoms with Crippen molar-refractivity contribution in [2.24, 2.45) is 0 Å². The van der Waals surface area contributed by atoms with Gasteiger partial charge in [-0.3, -0.25) is 4.79 Å². The third-order valence-electron chi connectivity index (χ3n) is 4.39. The van der Waals surface area contributed by atoms with Gasteiger partial charge in [-0.1, -0.05) is 36.9 Å². The molecule has 1 N–H and O–H groups in total. The molecule has 6 heteroatoms. The summed E-state index contributed by atoms with van der Waals surface area (Å²) >= 11 is 0. The summed E-state index contributed by atoms with van der Waals surface area (Å²) in [7, 11) is 0. The van der Waals surface area contributed by atoms with Crippen LogP contribution in [0, 0.1) is 0 Å². The minimum Gasteiger partial charge on any atom is -0.491 e. The highest BCUT2D eigenvalue weighted by atomic mass is 16.5. The minimum absolute atomic E-state index is 0.0201. The summed E-state index contributed by atoms with van der Waals surface area (Å²) < 4.78 is 16.1. The van der Waals surface area contributed by atoms with Crippen LogP contribution in [0.3, 0.4) is 0 Å². The molecule has 0 aromatic heterocycles. The van der Waals surface area contributed by atoms with Gasteiger partial charge >= 0.3 is 0 Å². The fourth-order valence-electron chi connectivity index (χ4n) is 2.99. The first-order valence-corrected chi connectivity index (χ1v) is 9.29. The average molecular weight is 383 g/mol. The van der Waals surface area contributed by atoms with Crippen molar-refractivity contribution in [1.82, 2.24) is 0 Å². The van der Waals surface area contributed by atoms with Gasteiger partial charge in [-0.15, -0.1) is 0 Å². The number of carbonyl (C=O) groups excluding carboxylic acids is 1. The monoisotopic (exact) mass is 383 g/mol. The summed E-state index contributed by atoms with van der Waals surface area (Å²) in [6.07, 6.45) is 0. The van der Waals surface area contributed by atoms with Gasteiger partial charge in [0.25, 0.3) is 5.91 Å². The molecule has 0 bridgehead atoms. The van der Waals surface area contributed by atoms with Crippen LogP contribution in [0.4, 0.5) is 5.69 Å². The second-order valence-electron chi connectivity index (χ2n) is 6.33. The lowest BCUT2D eigenvalue weighted by molar-refractivity contribution is -0.113. The van der Waals surface area contributed by atoms with Crippen molar-refractivity contribution in [1.29, 1.82) is 0 Å². The average Bonchev–Trinajstić information content (AvgIpc) is 2.96. The Morgan fingerprint density at radius 2 is 1.57 bits per heavy atom. The second kappa shape index (κ2) is 10.0. The number of carbonyl (C=O) groups is 1.